The molecule has 13 heterocycles. The number of benzene rings is 12. The Hall–Kier alpha value is -8.71. The van der Waals surface area contributed by atoms with Crippen LogP contribution in [0.15, 0.2) is 273 Å². The van der Waals surface area contributed by atoms with Gasteiger partial charge in [0.05, 0.1) is 76.4 Å². The molecule has 0 amide bonds. The largest absolute Gasteiger partial charge is 0.316 e. The van der Waals surface area contributed by atoms with Crippen LogP contribution in [0, 0.1) is 42.0 Å². The first-order chi connectivity index (χ1) is 56.8. The smallest absolute Gasteiger partial charge is 0.188 e. The van der Waals surface area contributed by atoms with Crippen molar-refractivity contribution in [3.63, 3.8) is 0 Å². The number of halogens is 6. The predicted octanol–water partition coefficient (Wildman–Crippen LogP) is 14.7. The van der Waals surface area contributed by atoms with Crippen molar-refractivity contribution in [2.24, 2.45) is 0 Å². The minimum atomic E-state index is -0.277. The van der Waals surface area contributed by atoms with Crippen LogP contribution in [0.3, 0.4) is 0 Å². The predicted molar refractivity (Wildman–Crippen MR) is 473 cm³/mol. The van der Waals surface area contributed by atoms with E-state index in [2.05, 4.69) is 186 Å². The number of thiophene rings is 2. The summed E-state index contributed by atoms with van der Waals surface area (Å²) in [5.74, 6) is 0.743. The summed E-state index contributed by atoms with van der Waals surface area (Å²) in [7, 11) is 6.40. The normalized spacial score (nSPS) is 11.1. The van der Waals surface area contributed by atoms with Crippen LogP contribution in [-0.2, 0) is 33.7 Å². The summed E-state index contributed by atoms with van der Waals surface area (Å²) >= 11 is 8.45. The van der Waals surface area contributed by atoms with Gasteiger partial charge in [-0.15, -0.1) is 148 Å². The van der Waals surface area contributed by atoms with Crippen molar-refractivity contribution < 1.29 is 112 Å². The van der Waals surface area contributed by atoms with Gasteiger partial charge in [-0.2, -0.15) is 0 Å². The van der Waals surface area contributed by atoms with Gasteiger partial charge in [-0.3, -0.25) is 23.7 Å². The number of pyridine rings is 5. The molecule has 0 saturated carbocycles. The standard InChI is InChI=1S/C21H10FN2S.C21H11N4.C18H15N2O.C17H8FN2S.C16H11N2O.2BrH.ClH.HI.Li.2Mg.2Zn/c22-12-9-10-14-16(11-12)13-5-1-3-7-17(13)24-20(14)23-19-15-6-2-4-8-18(15)25-21(19)24;1-2-9-15-13(7-1)14-8-3-6-12-18(14)25-20(15)24-19-21(25)23-17-11-5-4-10-16(17)22-19;1-2-11-21-17-12-20-16-10-6-5-8-14(16)13-7-3-4-9-15(13)18(20)19-17;18-10-5-6-12-13(9-10)11-3-1-2-4-14(11)20-15-7-8-21-17(15)19-16(12)20;1-19-15-10-18-14-9-5-4-7-12(14)11-6-2-3-8-13(11)16(18)17-15;;;;;;;;;/h1-9,11H;1-8,10-12H;3-8,10,12H,2,11H2,1H3;1-5,7-9H;2-7,9-10H,1H3;4*1H;;;;;/q5*-1;;;;;+1;4*+2/p-4. The summed E-state index contributed by atoms with van der Waals surface area (Å²) in [6.07, 6.45) is 4.85. The van der Waals surface area contributed by atoms with Crippen molar-refractivity contribution in [1.82, 2.24) is 56.9 Å². The number of para-hydroxylation sites is 7. The number of ether oxygens (including phenoxy) is 2. The van der Waals surface area contributed by atoms with Crippen LogP contribution in [0.2, 0.25) is 0 Å². The van der Waals surface area contributed by atoms with Gasteiger partial charge in [-0.05, 0) is 93.3 Å². The summed E-state index contributed by atoms with van der Waals surface area (Å²) in [4.78, 5) is 35.3. The number of hydrogen-bond acceptors (Lipinski definition) is 11. The Balaban J connectivity index is 0.000000121. The molecular weight excluding hydrogens is 1930 g/mol. The number of imidazole rings is 5. The van der Waals surface area contributed by atoms with E-state index < -0.39 is 0 Å². The molecule has 12 aromatic carbocycles. The Kier molecular flexibility index (Phi) is 27.7. The third-order valence-electron chi connectivity index (χ3n) is 20.4. The maximum atomic E-state index is 13.9. The number of methoxy groups -OCH3 is 1. The van der Waals surface area contributed by atoms with Gasteiger partial charge in [-0.25, -0.2) is 19.9 Å². The van der Waals surface area contributed by atoms with Crippen molar-refractivity contribution in [3.05, 3.63) is 315 Å². The van der Waals surface area contributed by atoms with Gasteiger partial charge >= 0.3 is 122 Å². The summed E-state index contributed by atoms with van der Waals surface area (Å²) in [6, 6.07) is 99.6. The molecule has 27 heteroatoms. The molecule has 0 N–H and O–H groups in total. The van der Waals surface area contributed by atoms with Crippen molar-refractivity contribution >= 4 is 282 Å². The quantitative estimate of drug-likeness (QED) is 0.0731. The van der Waals surface area contributed by atoms with Gasteiger partial charge in [0, 0.05) is 49.3 Å². The second-order valence-electron chi connectivity index (χ2n) is 26.8. The van der Waals surface area contributed by atoms with Crippen LogP contribution >= 0.6 is 46.0 Å². The average Bonchev–Trinajstić information content (AvgIpc) is 1.52. The van der Waals surface area contributed by atoms with E-state index in [1.54, 1.807) is 41.9 Å². The third-order valence-corrected chi connectivity index (χ3v) is 22.3. The van der Waals surface area contributed by atoms with Crippen LogP contribution < -0.4 is 69.3 Å². The van der Waals surface area contributed by atoms with Gasteiger partial charge in [-0.1, -0.05) is 166 Å². The van der Waals surface area contributed by atoms with E-state index in [4.69, 9.17) is 44.1 Å². The molecule has 0 aliphatic carbocycles. The zero-order chi connectivity index (χ0) is 78.0. The van der Waals surface area contributed by atoms with Gasteiger partial charge in [0.15, 0.2) is 11.3 Å². The minimum Gasteiger partial charge on any atom is -0.316 e. The minimum absolute atomic E-state index is 0. The van der Waals surface area contributed by atoms with Crippen LogP contribution in [0.25, 0.3) is 190 Å². The summed E-state index contributed by atoms with van der Waals surface area (Å²) in [5, 5.41) is 18.7. The molecule has 0 aliphatic heterocycles. The van der Waals surface area contributed by atoms with E-state index in [0.29, 0.717) is 24.0 Å². The Bertz CT molecular complexity index is 8000. The average molecular weight is 1980 g/mol. The second kappa shape index (κ2) is 38.0. The molecular formula is C93H55Br2ClF2ILiMg2N12O2S2Zn2. The second-order valence-corrected chi connectivity index (χ2v) is 28.7. The molecule has 25 rings (SSSR count). The number of aromatic nitrogens is 12. The molecule has 562 valence electrons. The van der Waals surface area contributed by atoms with Gasteiger partial charge in [0.2, 0.25) is 11.8 Å². The van der Waals surface area contributed by atoms with Crippen LogP contribution in [0.5, 0.6) is 11.8 Å². The fourth-order valence-corrected chi connectivity index (χ4v) is 17.5. The van der Waals surface area contributed by atoms with Crippen molar-refractivity contribution in [3.8, 4) is 11.8 Å². The number of fused-ring (bicyclic) bond motifs is 39. The topological polar surface area (TPSA) is 131 Å². The molecule has 0 unspecified atom stereocenters. The molecule has 0 radical (unpaired) electrons. The monoisotopic (exact) mass is 1980 g/mol. The fourth-order valence-electron chi connectivity index (χ4n) is 15.6. The zero-order valence-corrected chi connectivity index (χ0v) is 81.0. The van der Waals surface area contributed by atoms with E-state index in [1.807, 2.05) is 145 Å². The molecule has 14 nitrogen and oxygen atoms in total. The SMILES string of the molecule is CCCOc1cn2c3ccccc3c3ccc[c-]c3c2n1.COc1cn2c3ccccc3c3ccc[c-]c3c2n1.Fc1c[c-]c2c(c1)c1ccccc1n1c2nc2c3ccccc3sc21.Fc1c[c-]c2c(c1)c1ccccc1n1c3ccsc3nc21.[Br-].[Cl][Zn+].[I-].[Li+].[Mg+2].[Mg+2].[Zn+][Br].[c-]1cccc2c1c1nc3nc4ccccc4nc3n1c1ccccc21. The molecule has 0 aliphatic rings. The molecule has 0 bridgehead atoms. The summed E-state index contributed by atoms with van der Waals surface area (Å²) in [5.41, 5.74) is 15.0. The van der Waals surface area contributed by atoms with E-state index in [0.717, 1.165) is 182 Å². The van der Waals surface area contributed by atoms with E-state index in [9.17, 15) is 8.78 Å². The maximum Gasteiger partial charge on any atom is 0.188 e. The Morgan fingerprint density at radius 2 is 0.842 bits per heavy atom. The van der Waals surface area contributed by atoms with Crippen LogP contribution in [0.4, 0.5) is 8.78 Å². The van der Waals surface area contributed by atoms with Gasteiger partial charge in [0.1, 0.15) is 9.66 Å². The van der Waals surface area contributed by atoms with Crippen LogP contribution in [-0.4, -0.2) is 117 Å². The summed E-state index contributed by atoms with van der Waals surface area (Å²) in [6.45, 7) is 2.78. The molecule has 0 atom stereocenters. The van der Waals surface area contributed by atoms with Crippen LogP contribution in [0.1, 0.15) is 13.3 Å². The fraction of sp³-hybridized carbons (Fsp3) is 0.0430. The third kappa shape index (κ3) is 15.5. The number of nitrogens with zero attached hydrogens (tertiary/aromatic N) is 12. The summed E-state index contributed by atoms with van der Waals surface area (Å²) < 4.78 is 50.3. The first kappa shape index (κ1) is 87.6. The molecule has 0 spiro atoms. The molecule has 25 aromatic rings. The van der Waals surface area contributed by atoms with Gasteiger partial charge < -0.3 is 72.4 Å². The molecule has 0 fully saturated rings. The van der Waals surface area contributed by atoms with E-state index in [-0.39, 0.29) is 118 Å². The molecule has 0 saturated heterocycles. The van der Waals surface area contributed by atoms with Crippen molar-refractivity contribution in [2.75, 3.05) is 13.7 Å². The van der Waals surface area contributed by atoms with Gasteiger partial charge in [0.25, 0.3) is 0 Å². The van der Waals surface area contributed by atoms with Crippen molar-refractivity contribution in [2.45, 2.75) is 13.3 Å². The van der Waals surface area contributed by atoms with E-state index in [1.165, 1.54) is 54.7 Å². The molecule has 13 aromatic heterocycles. The Morgan fingerprint density at radius 3 is 1.38 bits per heavy atom. The maximum absolute atomic E-state index is 13.9. The van der Waals surface area contributed by atoms with E-state index >= 15 is 0 Å². The molecule has 120 heavy (non-hydrogen) atoms. The Labute approximate surface area is 794 Å². The first-order valence-corrected chi connectivity index (χ1v) is 49.2. The number of hydrogen-bond donors (Lipinski definition) is 0. The first-order valence-electron chi connectivity index (χ1n) is 36.7. The number of rotatable bonds is 4. The zero-order valence-electron chi connectivity index (χ0n) is 64.5. The Morgan fingerprint density at radius 1 is 0.425 bits per heavy atom. The van der Waals surface area contributed by atoms with Crippen molar-refractivity contribution in [1.29, 1.82) is 0 Å².